The van der Waals surface area contributed by atoms with Crippen LogP contribution in [0.1, 0.15) is 64.7 Å². The number of carbonyl (C=O) groups excluding carboxylic acids is 1. The van der Waals surface area contributed by atoms with Gasteiger partial charge in [0.1, 0.15) is 11.6 Å². The minimum atomic E-state index is -0.990. The largest absolute Gasteiger partial charge is 0.390 e. The monoisotopic (exact) mass is 661 g/mol. The number of rotatable bonds is 12. The zero-order valence-electron chi connectivity index (χ0n) is 22.9. The topological polar surface area (TPSA) is 73.4 Å². The number of aryl methyl sites for hydroxylation is 1. The number of hydrogen-bond donors (Lipinski definition) is 4. The van der Waals surface area contributed by atoms with Crippen molar-refractivity contribution in [2.24, 2.45) is 0 Å². The van der Waals surface area contributed by atoms with Gasteiger partial charge in [0.25, 0.3) is 5.91 Å². The first-order valence-corrected chi connectivity index (χ1v) is 15.1. The van der Waals surface area contributed by atoms with E-state index in [0.29, 0.717) is 30.3 Å². The summed E-state index contributed by atoms with van der Waals surface area (Å²) in [6, 6.07) is 16.8. The smallest absolute Gasteiger partial charge is 0.251 e. The van der Waals surface area contributed by atoms with Gasteiger partial charge in [-0.3, -0.25) is 4.79 Å². The van der Waals surface area contributed by atoms with Crippen molar-refractivity contribution in [3.63, 3.8) is 0 Å². The first kappa shape index (κ1) is 30.6. The van der Waals surface area contributed by atoms with Crippen LogP contribution in [0.3, 0.4) is 0 Å². The molecule has 2 atom stereocenters. The Balaban J connectivity index is 1.45. The molecule has 214 valence electrons. The number of benzene rings is 3. The molecule has 0 unspecified atom stereocenters. The highest BCUT2D eigenvalue weighted by Gasteiger charge is 2.23. The van der Waals surface area contributed by atoms with Crippen LogP contribution < -0.4 is 16.0 Å². The molecule has 1 fully saturated rings. The fourth-order valence-corrected chi connectivity index (χ4v) is 5.94. The molecule has 3 aromatic rings. The van der Waals surface area contributed by atoms with E-state index in [0.717, 1.165) is 26.3 Å². The van der Waals surface area contributed by atoms with E-state index in [2.05, 4.69) is 44.6 Å². The van der Waals surface area contributed by atoms with Gasteiger partial charge in [0, 0.05) is 40.9 Å². The van der Waals surface area contributed by atoms with Gasteiger partial charge in [-0.25, -0.2) is 8.78 Å². The van der Waals surface area contributed by atoms with Crippen LogP contribution in [0, 0.1) is 22.1 Å². The summed E-state index contributed by atoms with van der Waals surface area (Å²) in [5.41, 5.74) is 3.92. The van der Waals surface area contributed by atoms with Gasteiger partial charge in [-0.2, -0.15) is 0 Å². The summed E-state index contributed by atoms with van der Waals surface area (Å²) in [4.78, 5) is 13.4. The van der Waals surface area contributed by atoms with Gasteiger partial charge in [0.15, 0.2) is 0 Å². The summed E-state index contributed by atoms with van der Waals surface area (Å²) in [6.07, 6.45) is 5.23. The molecule has 0 aromatic heterocycles. The van der Waals surface area contributed by atoms with E-state index in [1.165, 1.54) is 44.2 Å². The Morgan fingerprint density at radius 3 is 2.42 bits per heavy atom. The Morgan fingerprint density at radius 1 is 0.950 bits per heavy atom. The molecule has 1 amide bonds. The Morgan fingerprint density at radius 2 is 1.70 bits per heavy atom. The van der Waals surface area contributed by atoms with Gasteiger partial charge in [-0.1, -0.05) is 43.0 Å². The van der Waals surface area contributed by atoms with Crippen LogP contribution >= 0.6 is 22.6 Å². The molecule has 5 nitrogen and oxygen atoms in total. The standard InChI is InChI=1S/C32H38F2IN3O2/c1-21-10-24(19-37-29-8-3-2-4-9-29)12-25(11-21)32(40)38-30(16-23-13-26(33)17-27(34)14-23)31(39)20-36-18-22-6-5-7-28(35)15-22/h5-7,10-15,17,29-31,36-37,39H,2-4,8-9,16,18-20H2,1H3,(H,38,40)/t30-,31-/m0/s1. The molecular weight excluding hydrogens is 623 g/mol. The lowest BCUT2D eigenvalue weighted by molar-refractivity contribution is 0.0829. The van der Waals surface area contributed by atoms with Crippen molar-refractivity contribution in [1.82, 2.24) is 16.0 Å². The van der Waals surface area contributed by atoms with E-state index >= 15 is 0 Å². The minimum Gasteiger partial charge on any atom is -0.390 e. The summed E-state index contributed by atoms with van der Waals surface area (Å²) in [5, 5.41) is 20.9. The second-order valence-corrected chi connectivity index (χ2v) is 12.1. The average Bonchev–Trinajstić information content (AvgIpc) is 2.91. The highest BCUT2D eigenvalue weighted by molar-refractivity contribution is 14.1. The van der Waals surface area contributed by atoms with E-state index < -0.39 is 23.8 Å². The maximum absolute atomic E-state index is 13.9. The van der Waals surface area contributed by atoms with Gasteiger partial charge in [-0.05, 0) is 102 Å². The van der Waals surface area contributed by atoms with Crippen LogP contribution in [0.2, 0.25) is 0 Å². The lowest BCUT2D eigenvalue weighted by Gasteiger charge is -2.25. The molecular formula is C32H38F2IN3O2. The third-order valence-electron chi connectivity index (χ3n) is 7.33. The zero-order chi connectivity index (χ0) is 28.5. The maximum atomic E-state index is 13.9. The molecule has 0 heterocycles. The highest BCUT2D eigenvalue weighted by Crippen LogP contribution is 2.19. The average molecular weight is 662 g/mol. The van der Waals surface area contributed by atoms with Gasteiger partial charge in [0.05, 0.1) is 12.1 Å². The number of nitrogens with one attached hydrogen (secondary N) is 3. The van der Waals surface area contributed by atoms with Crippen LogP contribution in [-0.2, 0) is 19.5 Å². The molecule has 1 aliphatic rings. The number of carbonyl (C=O) groups is 1. The Labute approximate surface area is 249 Å². The van der Waals surface area contributed by atoms with Crippen LogP contribution in [0.4, 0.5) is 8.78 Å². The molecule has 0 bridgehead atoms. The minimum absolute atomic E-state index is 0.0778. The van der Waals surface area contributed by atoms with E-state index in [-0.39, 0.29) is 18.9 Å². The molecule has 4 rings (SSSR count). The molecule has 0 radical (unpaired) electrons. The Kier molecular flexibility index (Phi) is 11.5. The maximum Gasteiger partial charge on any atom is 0.251 e. The zero-order valence-corrected chi connectivity index (χ0v) is 25.0. The predicted octanol–water partition coefficient (Wildman–Crippen LogP) is 5.79. The fourth-order valence-electron chi connectivity index (χ4n) is 5.34. The second kappa shape index (κ2) is 15.0. The second-order valence-electron chi connectivity index (χ2n) is 10.8. The van der Waals surface area contributed by atoms with Crippen molar-refractivity contribution >= 4 is 28.5 Å². The number of aliphatic hydroxyl groups excluding tert-OH is 1. The third-order valence-corrected chi connectivity index (χ3v) is 8.00. The molecule has 8 heteroatoms. The van der Waals surface area contributed by atoms with Crippen LogP contribution in [0.15, 0.2) is 60.7 Å². The molecule has 1 saturated carbocycles. The number of halogens is 3. The lowest BCUT2D eigenvalue weighted by atomic mass is 9.95. The molecule has 4 N–H and O–H groups in total. The quantitative estimate of drug-likeness (QED) is 0.186. The summed E-state index contributed by atoms with van der Waals surface area (Å²) >= 11 is 2.25. The van der Waals surface area contributed by atoms with E-state index in [4.69, 9.17) is 0 Å². The van der Waals surface area contributed by atoms with Crippen molar-refractivity contribution in [3.8, 4) is 0 Å². The SMILES string of the molecule is Cc1cc(CNC2CCCCC2)cc(C(=O)N[C@@H](Cc2cc(F)cc(F)c2)[C@@H](O)CNCc2cccc(I)c2)c1. The number of aliphatic hydroxyl groups is 1. The molecule has 1 aliphatic carbocycles. The van der Waals surface area contributed by atoms with E-state index in [1.807, 2.05) is 43.3 Å². The summed E-state index contributed by atoms with van der Waals surface area (Å²) in [5.74, 6) is -1.72. The van der Waals surface area contributed by atoms with Gasteiger partial charge in [-0.15, -0.1) is 0 Å². The highest BCUT2D eigenvalue weighted by atomic mass is 127. The number of hydrogen-bond acceptors (Lipinski definition) is 4. The van der Waals surface area contributed by atoms with Gasteiger partial charge >= 0.3 is 0 Å². The van der Waals surface area contributed by atoms with Crippen molar-refractivity contribution in [2.75, 3.05) is 6.54 Å². The van der Waals surface area contributed by atoms with Crippen LogP contribution in [0.5, 0.6) is 0 Å². The van der Waals surface area contributed by atoms with E-state index in [1.54, 1.807) is 0 Å². The van der Waals surface area contributed by atoms with Crippen LogP contribution in [0.25, 0.3) is 0 Å². The van der Waals surface area contributed by atoms with Crippen molar-refractivity contribution in [3.05, 3.63) is 104 Å². The lowest BCUT2D eigenvalue weighted by Crippen LogP contribution is -2.48. The number of amides is 1. The van der Waals surface area contributed by atoms with Gasteiger partial charge in [0.2, 0.25) is 0 Å². The summed E-state index contributed by atoms with van der Waals surface area (Å²) < 4.78 is 28.9. The molecule has 0 saturated heterocycles. The Bertz CT molecular complexity index is 1260. The van der Waals surface area contributed by atoms with Crippen molar-refractivity contribution in [2.45, 2.75) is 76.7 Å². The van der Waals surface area contributed by atoms with E-state index in [9.17, 15) is 18.7 Å². The van der Waals surface area contributed by atoms with Gasteiger partial charge < -0.3 is 21.1 Å². The van der Waals surface area contributed by atoms with Crippen molar-refractivity contribution < 1.29 is 18.7 Å². The normalized spacial score (nSPS) is 15.5. The molecule has 0 aliphatic heterocycles. The first-order chi connectivity index (χ1) is 19.2. The summed E-state index contributed by atoms with van der Waals surface area (Å²) in [6.45, 7) is 3.37. The molecule has 40 heavy (non-hydrogen) atoms. The third kappa shape index (κ3) is 9.61. The molecule has 0 spiro atoms. The Hall–Kier alpha value is -2.40. The van der Waals surface area contributed by atoms with Crippen LogP contribution in [-0.4, -0.2) is 35.7 Å². The molecule has 3 aromatic carbocycles. The fraction of sp³-hybridized carbons (Fsp3) is 0.406. The summed E-state index contributed by atoms with van der Waals surface area (Å²) in [7, 11) is 0. The van der Waals surface area contributed by atoms with Crippen molar-refractivity contribution in [1.29, 1.82) is 0 Å². The first-order valence-electron chi connectivity index (χ1n) is 14.0. The predicted molar refractivity (Wildman–Crippen MR) is 163 cm³/mol.